The Morgan fingerprint density at radius 3 is 2.41 bits per heavy atom. The van der Waals surface area contributed by atoms with Crippen LogP contribution in [0.4, 0.5) is 5.69 Å². The maximum Gasteiger partial charge on any atom is 0.187 e. The third-order valence-corrected chi connectivity index (χ3v) is 3.05. The Hall–Kier alpha value is -2.06. The number of nitrogens with two attached hydrogens (primary N) is 1. The summed E-state index contributed by atoms with van der Waals surface area (Å²) in [5.41, 5.74) is 8.00. The summed E-state index contributed by atoms with van der Waals surface area (Å²) in [6, 6.07) is 9.68. The Morgan fingerprint density at radius 2 is 1.82 bits per heavy atom. The highest BCUT2D eigenvalue weighted by atomic mass is 32.2. The van der Waals surface area contributed by atoms with Crippen LogP contribution >= 0.6 is 11.8 Å². The first-order valence-corrected chi connectivity index (χ1v) is 5.96. The van der Waals surface area contributed by atoms with Crippen molar-refractivity contribution in [3.8, 4) is 6.07 Å². The summed E-state index contributed by atoms with van der Waals surface area (Å²) in [5.74, 6) is 0.784. The van der Waals surface area contributed by atoms with Crippen molar-refractivity contribution in [3.63, 3.8) is 0 Å². The topological polar surface area (TPSA) is 75.6 Å². The van der Waals surface area contributed by atoms with Gasteiger partial charge >= 0.3 is 0 Å². The van der Waals surface area contributed by atoms with Gasteiger partial charge in [-0.25, -0.2) is 9.97 Å². The van der Waals surface area contributed by atoms with Gasteiger partial charge in [-0.15, -0.1) is 0 Å². The van der Waals surface area contributed by atoms with Crippen molar-refractivity contribution >= 4 is 17.4 Å². The average Bonchev–Trinajstić information content (AvgIpc) is 2.39. The number of nitrogens with zero attached hydrogens (tertiary/aromatic N) is 3. The Morgan fingerprint density at radius 1 is 1.18 bits per heavy atom. The van der Waals surface area contributed by atoms with Crippen molar-refractivity contribution in [2.24, 2.45) is 0 Å². The fourth-order valence-electron chi connectivity index (χ4n) is 1.21. The molecule has 0 radical (unpaired) electrons. The number of thioether (sulfide) groups is 1. The minimum Gasteiger partial charge on any atom is -0.399 e. The van der Waals surface area contributed by atoms with Crippen LogP contribution in [-0.2, 0) is 5.75 Å². The normalized spacial score (nSPS) is 9.82. The van der Waals surface area contributed by atoms with Crippen LogP contribution in [0.1, 0.15) is 11.1 Å². The highest BCUT2D eigenvalue weighted by Gasteiger charge is 1.99. The van der Waals surface area contributed by atoms with E-state index in [0.717, 1.165) is 17.0 Å². The van der Waals surface area contributed by atoms with E-state index in [1.54, 1.807) is 0 Å². The first-order valence-electron chi connectivity index (χ1n) is 4.97. The molecule has 1 aromatic heterocycles. The van der Waals surface area contributed by atoms with Crippen LogP contribution in [0, 0.1) is 11.3 Å². The Balaban J connectivity index is 1.98. The second-order valence-corrected chi connectivity index (χ2v) is 4.34. The van der Waals surface area contributed by atoms with Gasteiger partial charge in [0.1, 0.15) is 6.07 Å². The zero-order chi connectivity index (χ0) is 12.1. The van der Waals surface area contributed by atoms with Crippen LogP contribution in [0.15, 0.2) is 41.8 Å². The lowest BCUT2D eigenvalue weighted by Crippen LogP contribution is -1.89. The van der Waals surface area contributed by atoms with Gasteiger partial charge in [-0.2, -0.15) is 5.26 Å². The smallest absolute Gasteiger partial charge is 0.187 e. The molecule has 1 aromatic carbocycles. The van der Waals surface area contributed by atoms with E-state index < -0.39 is 0 Å². The lowest BCUT2D eigenvalue weighted by molar-refractivity contribution is 0.959. The van der Waals surface area contributed by atoms with E-state index in [0.29, 0.717) is 10.7 Å². The second-order valence-electron chi connectivity index (χ2n) is 3.40. The quantitative estimate of drug-likeness (QED) is 0.507. The maximum atomic E-state index is 8.61. The highest BCUT2D eigenvalue weighted by molar-refractivity contribution is 7.98. The summed E-state index contributed by atoms with van der Waals surface area (Å²) in [5, 5.41) is 9.28. The first-order chi connectivity index (χ1) is 8.28. The molecule has 0 amide bonds. The molecule has 1 heterocycles. The molecule has 4 nitrogen and oxygen atoms in total. The van der Waals surface area contributed by atoms with Gasteiger partial charge in [-0.3, -0.25) is 0 Å². The Kier molecular flexibility index (Phi) is 3.58. The largest absolute Gasteiger partial charge is 0.399 e. The SMILES string of the molecule is N#Cc1cnc(SCc2ccc(N)cc2)nc1. The van der Waals surface area contributed by atoms with E-state index in [1.165, 1.54) is 24.2 Å². The molecule has 0 spiro atoms. The maximum absolute atomic E-state index is 8.61. The van der Waals surface area contributed by atoms with Crippen LogP contribution in [0.25, 0.3) is 0 Å². The van der Waals surface area contributed by atoms with E-state index in [4.69, 9.17) is 11.0 Å². The van der Waals surface area contributed by atoms with Crippen LogP contribution in [0.3, 0.4) is 0 Å². The van der Waals surface area contributed by atoms with Crippen LogP contribution in [0.2, 0.25) is 0 Å². The molecule has 0 aliphatic carbocycles. The van der Waals surface area contributed by atoms with Gasteiger partial charge in [0.25, 0.3) is 0 Å². The standard InChI is InChI=1S/C12H10N4S/c13-5-10-6-15-12(16-7-10)17-8-9-1-3-11(14)4-2-9/h1-4,6-7H,8,14H2. The summed E-state index contributed by atoms with van der Waals surface area (Å²) < 4.78 is 0. The molecule has 0 aliphatic rings. The zero-order valence-corrected chi connectivity index (χ0v) is 9.81. The van der Waals surface area contributed by atoms with Crippen molar-refractivity contribution in [1.29, 1.82) is 5.26 Å². The van der Waals surface area contributed by atoms with E-state index in [1.807, 2.05) is 30.3 Å². The van der Waals surface area contributed by atoms with E-state index >= 15 is 0 Å². The van der Waals surface area contributed by atoms with Crippen molar-refractivity contribution in [2.45, 2.75) is 10.9 Å². The molecule has 2 N–H and O–H groups in total. The van der Waals surface area contributed by atoms with E-state index in [-0.39, 0.29) is 0 Å². The predicted octanol–water partition coefficient (Wildman–Crippen LogP) is 2.22. The average molecular weight is 242 g/mol. The number of anilines is 1. The summed E-state index contributed by atoms with van der Waals surface area (Å²) in [4.78, 5) is 8.17. The van der Waals surface area contributed by atoms with Gasteiger partial charge in [-0.1, -0.05) is 23.9 Å². The van der Waals surface area contributed by atoms with E-state index in [2.05, 4.69) is 9.97 Å². The molecular weight excluding hydrogens is 232 g/mol. The number of rotatable bonds is 3. The lowest BCUT2D eigenvalue weighted by Gasteiger charge is -2.01. The van der Waals surface area contributed by atoms with Crippen molar-refractivity contribution in [3.05, 3.63) is 47.8 Å². The van der Waals surface area contributed by atoms with Gasteiger partial charge in [0.2, 0.25) is 0 Å². The Bertz CT molecular complexity index is 528. The van der Waals surface area contributed by atoms with Gasteiger partial charge in [0.15, 0.2) is 5.16 Å². The molecule has 17 heavy (non-hydrogen) atoms. The molecule has 0 bridgehead atoms. The van der Waals surface area contributed by atoms with Crippen LogP contribution in [-0.4, -0.2) is 9.97 Å². The second kappa shape index (κ2) is 5.32. The minimum absolute atomic E-state index is 0.474. The van der Waals surface area contributed by atoms with Gasteiger partial charge in [-0.05, 0) is 17.7 Å². The summed E-state index contributed by atoms with van der Waals surface area (Å²) >= 11 is 1.53. The molecular formula is C12H10N4S. The zero-order valence-electron chi connectivity index (χ0n) is 9.00. The third-order valence-electron chi connectivity index (χ3n) is 2.10. The fraction of sp³-hybridized carbons (Fsp3) is 0.0833. The molecule has 2 rings (SSSR count). The van der Waals surface area contributed by atoms with Crippen molar-refractivity contribution < 1.29 is 0 Å². The number of benzene rings is 1. The lowest BCUT2D eigenvalue weighted by atomic mass is 10.2. The molecule has 0 fully saturated rings. The molecule has 0 unspecified atom stereocenters. The fourth-order valence-corrected chi connectivity index (χ4v) is 1.95. The van der Waals surface area contributed by atoms with Gasteiger partial charge < -0.3 is 5.73 Å². The van der Waals surface area contributed by atoms with Crippen molar-refractivity contribution in [2.75, 3.05) is 5.73 Å². The minimum atomic E-state index is 0.474. The van der Waals surface area contributed by atoms with Gasteiger partial charge in [0.05, 0.1) is 5.56 Å². The number of nitriles is 1. The number of hydrogen-bond acceptors (Lipinski definition) is 5. The molecule has 0 saturated carbocycles. The molecule has 84 valence electrons. The summed E-state index contributed by atoms with van der Waals surface area (Å²) in [7, 11) is 0. The van der Waals surface area contributed by atoms with Crippen molar-refractivity contribution in [1.82, 2.24) is 9.97 Å². The third kappa shape index (κ3) is 3.20. The number of aromatic nitrogens is 2. The number of hydrogen-bond donors (Lipinski definition) is 1. The molecule has 5 heteroatoms. The molecule has 0 atom stereocenters. The van der Waals surface area contributed by atoms with E-state index in [9.17, 15) is 0 Å². The predicted molar refractivity (Wildman–Crippen MR) is 67.2 cm³/mol. The monoisotopic (exact) mass is 242 g/mol. The Labute approximate surface area is 104 Å². The van der Waals surface area contributed by atoms with Crippen LogP contribution < -0.4 is 5.73 Å². The van der Waals surface area contributed by atoms with Crippen LogP contribution in [0.5, 0.6) is 0 Å². The van der Waals surface area contributed by atoms with Gasteiger partial charge in [0, 0.05) is 23.8 Å². The highest BCUT2D eigenvalue weighted by Crippen LogP contribution is 2.19. The first kappa shape index (κ1) is 11.4. The molecule has 2 aromatic rings. The molecule has 0 aliphatic heterocycles. The summed E-state index contributed by atoms with van der Waals surface area (Å²) in [6.07, 6.45) is 3.05. The summed E-state index contributed by atoms with van der Waals surface area (Å²) in [6.45, 7) is 0. The molecule has 0 saturated heterocycles. The number of nitrogen functional groups attached to an aromatic ring is 1.